The average molecular weight is 474 g/mol. The van der Waals surface area contributed by atoms with Gasteiger partial charge >= 0.3 is 11.9 Å². The summed E-state index contributed by atoms with van der Waals surface area (Å²) in [5.74, 6) is -5.47. The molecular weight excluding hydrogens is 448 g/mol. The van der Waals surface area contributed by atoms with Crippen LogP contribution >= 0.6 is 12.6 Å². The lowest BCUT2D eigenvalue weighted by atomic mass is 10.1. The highest BCUT2D eigenvalue weighted by Crippen LogP contribution is 2.01. The van der Waals surface area contributed by atoms with Crippen LogP contribution in [-0.2, 0) is 30.4 Å². The molecule has 0 radical (unpaired) electrons. The highest BCUT2D eigenvalue weighted by atomic mass is 32.1. The number of aliphatic hydroxyl groups excluding tert-OH is 1. The second kappa shape index (κ2) is 13.3. The van der Waals surface area contributed by atoms with E-state index in [9.17, 15) is 29.1 Å². The number of nitrogens with zero attached hydrogens (tertiary/aromatic N) is 1. The number of aliphatic hydroxyl groups is 1. The SMILES string of the molecule is NC(Cc1cnc[nH]1)C(=O)NC(CS)C(=O)NC(CO)C(=O)NC(CCC(=O)O)C(=O)O. The summed E-state index contributed by atoms with van der Waals surface area (Å²) in [5.41, 5.74) is 6.41. The minimum Gasteiger partial charge on any atom is -0.481 e. The number of carbonyl (C=O) groups excluding carboxylic acids is 3. The fraction of sp³-hybridized carbons (Fsp3) is 0.529. The van der Waals surface area contributed by atoms with Crippen LogP contribution in [0.3, 0.4) is 0 Å². The first-order valence-corrected chi connectivity index (χ1v) is 10.0. The normalized spacial score (nSPS) is 14.5. The van der Waals surface area contributed by atoms with Gasteiger partial charge in [-0.05, 0) is 6.42 Å². The van der Waals surface area contributed by atoms with E-state index in [4.69, 9.17) is 15.9 Å². The van der Waals surface area contributed by atoms with Crippen molar-refractivity contribution in [1.82, 2.24) is 25.9 Å². The number of aromatic nitrogens is 2. The van der Waals surface area contributed by atoms with Crippen LogP contribution in [0.1, 0.15) is 18.5 Å². The minimum atomic E-state index is -1.55. The van der Waals surface area contributed by atoms with E-state index < -0.39 is 73.3 Å². The molecule has 0 aliphatic carbocycles. The molecule has 9 N–H and O–H groups in total. The molecule has 14 nitrogen and oxygen atoms in total. The van der Waals surface area contributed by atoms with E-state index in [2.05, 4.69) is 38.5 Å². The number of carboxylic acids is 2. The van der Waals surface area contributed by atoms with Crippen LogP contribution in [0.15, 0.2) is 12.5 Å². The van der Waals surface area contributed by atoms with E-state index in [-0.39, 0.29) is 12.2 Å². The van der Waals surface area contributed by atoms with E-state index >= 15 is 0 Å². The van der Waals surface area contributed by atoms with Crippen molar-refractivity contribution in [2.24, 2.45) is 5.73 Å². The molecule has 1 rings (SSSR count). The zero-order chi connectivity index (χ0) is 24.3. The molecule has 0 spiro atoms. The zero-order valence-corrected chi connectivity index (χ0v) is 17.7. The Morgan fingerprint density at radius 1 is 1.03 bits per heavy atom. The second-order valence-electron chi connectivity index (χ2n) is 6.71. The smallest absolute Gasteiger partial charge is 0.326 e. The zero-order valence-electron chi connectivity index (χ0n) is 16.9. The van der Waals surface area contributed by atoms with Crippen LogP contribution in [0.2, 0.25) is 0 Å². The van der Waals surface area contributed by atoms with Crippen molar-refractivity contribution in [3.8, 4) is 0 Å². The van der Waals surface area contributed by atoms with Gasteiger partial charge in [0.05, 0.1) is 19.0 Å². The summed E-state index contributed by atoms with van der Waals surface area (Å²) in [6.45, 7) is -0.880. The molecule has 3 amide bonds. The largest absolute Gasteiger partial charge is 0.481 e. The maximum atomic E-state index is 12.4. The van der Waals surface area contributed by atoms with Gasteiger partial charge in [-0.25, -0.2) is 9.78 Å². The van der Waals surface area contributed by atoms with E-state index in [1.54, 1.807) is 0 Å². The van der Waals surface area contributed by atoms with Crippen molar-refractivity contribution in [3.05, 3.63) is 18.2 Å². The Hall–Kier alpha value is -3.17. The van der Waals surface area contributed by atoms with E-state index in [1.807, 2.05) is 0 Å². The van der Waals surface area contributed by atoms with Crippen molar-refractivity contribution < 1.29 is 39.3 Å². The quantitative estimate of drug-likeness (QED) is 0.121. The Morgan fingerprint density at radius 2 is 1.62 bits per heavy atom. The van der Waals surface area contributed by atoms with Crippen LogP contribution in [0, 0.1) is 0 Å². The second-order valence-corrected chi connectivity index (χ2v) is 7.07. The number of carboxylic acid groups (broad SMARTS) is 2. The lowest BCUT2D eigenvalue weighted by molar-refractivity contribution is -0.143. The number of imidazole rings is 1. The summed E-state index contributed by atoms with van der Waals surface area (Å²) in [4.78, 5) is 65.4. The average Bonchev–Trinajstić information content (AvgIpc) is 3.25. The van der Waals surface area contributed by atoms with Crippen molar-refractivity contribution in [3.63, 3.8) is 0 Å². The van der Waals surface area contributed by atoms with Gasteiger partial charge in [-0.1, -0.05) is 0 Å². The molecular formula is C17H26N6O8S. The monoisotopic (exact) mass is 474 g/mol. The summed E-state index contributed by atoms with van der Waals surface area (Å²) in [5, 5.41) is 33.8. The van der Waals surface area contributed by atoms with Crippen LogP contribution in [-0.4, -0.2) is 91.5 Å². The number of amides is 3. The van der Waals surface area contributed by atoms with Gasteiger partial charge in [-0.2, -0.15) is 12.6 Å². The van der Waals surface area contributed by atoms with Gasteiger partial charge in [-0.15, -0.1) is 0 Å². The number of thiol groups is 1. The Labute approximate surface area is 187 Å². The molecule has 0 saturated heterocycles. The van der Waals surface area contributed by atoms with Crippen molar-refractivity contribution >= 4 is 42.3 Å². The van der Waals surface area contributed by atoms with Crippen LogP contribution in [0.5, 0.6) is 0 Å². The lowest BCUT2D eigenvalue weighted by Gasteiger charge is -2.23. The molecule has 0 bridgehead atoms. The summed E-state index contributed by atoms with van der Waals surface area (Å²) >= 11 is 3.99. The fourth-order valence-electron chi connectivity index (χ4n) is 2.46. The number of aromatic amines is 1. The molecule has 4 unspecified atom stereocenters. The first-order valence-electron chi connectivity index (χ1n) is 9.39. The van der Waals surface area contributed by atoms with Gasteiger partial charge in [0.2, 0.25) is 17.7 Å². The minimum absolute atomic E-state index is 0.126. The molecule has 15 heteroatoms. The number of H-pyrrole nitrogens is 1. The molecule has 0 fully saturated rings. The van der Waals surface area contributed by atoms with Crippen molar-refractivity contribution in [2.45, 2.75) is 43.4 Å². The van der Waals surface area contributed by atoms with Crippen LogP contribution < -0.4 is 21.7 Å². The number of hydrogen-bond donors (Lipinski definition) is 9. The lowest BCUT2D eigenvalue weighted by Crippen LogP contribution is -2.58. The number of aliphatic carboxylic acids is 2. The van der Waals surface area contributed by atoms with E-state index in [0.717, 1.165) is 0 Å². The maximum absolute atomic E-state index is 12.4. The molecule has 4 atom stereocenters. The van der Waals surface area contributed by atoms with Gasteiger partial charge in [0.25, 0.3) is 0 Å². The highest BCUT2D eigenvalue weighted by molar-refractivity contribution is 7.80. The Balaban J connectivity index is 2.68. The number of nitrogens with two attached hydrogens (primary N) is 1. The number of rotatable bonds is 14. The predicted octanol–water partition coefficient (Wildman–Crippen LogP) is -3.39. The molecule has 0 saturated carbocycles. The molecule has 32 heavy (non-hydrogen) atoms. The van der Waals surface area contributed by atoms with Crippen molar-refractivity contribution in [1.29, 1.82) is 0 Å². The molecule has 178 valence electrons. The van der Waals surface area contributed by atoms with Crippen LogP contribution in [0.4, 0.5) is 0 Å². The molecule has 0 aromatic carbocycles. The Morgan fingerprint density at radius 3 is 2.12 bits per heavy atom. The topological polar surface area (TPSA) is 237 Å². The van der Waals surface area contributed by atoms with E-state index in [1.165, 1.54) is 12.5 Å². The number of nitrogens with one attached hydrogen (secondary N) is 4. The van der Waals surface area contributed by atoms with Gasteiger partial charge < -0.3 is 42.0 Å². The van der Waals surface area contributed by atoms with Gasteiger partial charge in [0.15, 0.2) is 0 Å². The molecule has 1 aromatic heterocycles. The third-order valence-electron chi connectivity index (χ3n) is 4.22. The Kier molecular flexibility index (Phi) is 11.2. The molecule has 1 aromatic rings. The number of carbonyl (C=O) groups is 5. The third-order valence-corrected chi connectivity index (χ3v) is 4.59. The molecule has 1 heterocycles. The molecule has 0 aliphatic rings. The standard InChI is InChI=1S/C17H26N6O8S/c18-9(3-8-4-19-7-20-8)14(27)23-12(6-32)16(29)22-11(5-24)15(28)21-10(17(30)31)1-2-13(25)26/h4,7,9-12,24,32H,1-3,5-6,18H2,(H,19,20)(H,21,28)(H,22,29)(H,23,27)(H,25,26)(H,30,31). The first kappa shape index (κ1) is 26.9. The molecule has 0 aliphatic heterocycles. The first-order chi connectivity index (χ1) is 15.1. The summed E-state index contributed by atoms with van der Waals surface area (Å²) in [6.07, 6.45) is 2.12. The van der Waals surface area contributed by atoms with E-state index in [0.29, 0.717) is 5.69 Å². The van der Waals surface area contributed by atoms with Crippen LogP contribution in [0.25, 0.3) is 0 Å². The summed E-state index contributed by atoms with van der Waals surface area (Å²) in [6, 6.07) is -5.30. The van der Waals surface area contributed by atoms with Gasteiger partial charge in [-0.3, -0.25) is 19.2 Å². The van der Waals surface area contributed by atoms with Gasteiger partial charge in [0.1, 0.15) is 18.1 Å². The summed E-state index contributed by atoms with van der Waals surface area (Å²) in [7, 11) is 0. The maximum Gasteiger partial charge on any atom is 0.326 e. The van der Waals surface area contributed by atoms with Gasteiger partial charge in [0, 0.05) is 30.5 Å². The van der Waals surface area contributed by atoms with Crippen molar-refractivity contribution in [2.75, 3.05) is 12.4 Å². The predicted molar refractivity (Wildman–Crippen MR) is 112 cm³/mol. The number of hydrogen-bond acceptors (Lipinski definition) is 9. The highest BCUT2D eigenvalue weighted by Gasteiger charge is 2.29. The summed E-state index contributed by atoms with van der Waals surface area (Å²) < 4.78 is 0. The third kappa shape index (κ3) is 8.91. The Bertz CT molecular complexity index is 805. The fourth-order valence-corrected chi connectivity index (χ4v) is 2.72.